The van der Waals surface area contributed by atoms with Gasteiger partial charge in [-0.3, -0.25) is 4.52 Å². The molecule has 48 heavy (non-hydrogen) atoms. The molecule has 0 aromatic heterocycles. The fourth-order valence-electron chi connectivity index (χ4n) is 6.40. The number of methoxy groups -OCH3 is 4. The van der Waals surface area contributed by atoms with Crippen LogP contribution in [-0.4, -0.2) is 65.8 Å². The molecule has 8 nitrogen and oxygen atoms in total. The lowest BCUT2D eigenvalue weighted by Crippen LogP contribution is -2.61. The molecule has 1 unspecified atom stereocenters. The molecular formula is C39H61O8P. The zero-order chi connectivity index (χ0) is 36.0. The van der Waals surface area contributed by atoms with Crippen LogP contribution >= 0.6 is 8.60 Å². The minimum Gasteiger partial charge on any atom is -0.417 e. The Kier molecular flexibility index (Phi) is 11.8. The molecule has 2 aliphatic heterocycles. The molecule has 270 valence electrons. The van der Waals surface area contributed by atoms with Crippen LogP contribution in [0.4, 0.5) is 0 Å². The van der Waals surface area contributed by atoms with Gasteiger partial charge in [-0.25, -0.2) is 0 Å². The Bertz CT molecular complexity index is 1330. The fraction of sp³-hybridized carbons (Fsp3) is 0.692. The van der Waals surface area contributed by atoms with Crippen LogP contribution in [0.15, 0.2) is 24.3 Å². The van der Waals surface area contributed by atoms with Crippen molar-refractivity contribution in [2.45, 2.75) is 142 Å². The number of benzene rings is 2. The lowest BCUT2D eigenvalue weighted by Gasteiger charge is -2.44. The van der Waals surface area contributed by atoms with Gasteiger partial charge >= 0.3 is 8.60 Å². The van der Waals surface area contributed by atoms with E-state index in [1.165, 1.54) is 11.1 Å². The van der Waals surface area contributed by atoms with Gasteiger partial charge in [-0.05, 0) is 43.9 Å². The second-order valence-corrected chi connectivity index (χ2v) is 18.3. The second-order valence-electron chi connectivity index (χ2n) is 17.3. The molecule has 0 radical (unpaired) electrons. The monoisotopic (exact) mass is 688 g/mol. The first kappa shape index (κ1) is 39.0. The van der Waals surface area contributed by atoms with E-state index in [-0.39, 0.29) is 28.3 Å². The van der Waals surface area contributed by atoms with Crippen LogP contribution in [0, 0.1) is 0 Å². The molecule has 5 atom stereocenters. The van der Waals surface area contributed by atoms with E-state index in [2.05, 4.69) is 107 Å². The Morgan fingerprint density at radius 3 is 1.40 bits per heavy atom. The van der Waals surface area contributed by atoms with Crippen LogP contribution in [0.3, 0.4) is 0 Å². The average molecular weight is 689 g/mol. The molecular weight excluding hydrogens is 627 g/mol. The van der Waals surface area contributed by atoms with Crippen molar-refractivity contribution in [2.75, 3.05) is 35.0 Å². The Balaban J connectivity index is 1.97. The highest BCUT2D eigenvalue weighted by atomic mass is 31.2. The predicted molar refractivity (Wildman–Crippen MR) is 193 cm³/mol. The topological polar surface area (TPSA) is 73.8 Å². The molecule has 0 amide bonds. The van der Waals surface area contributed by atoms with E-state index in [9.17, 15) is 0 Å². The number of ether oxygens (including phenoxy) is 5. The van der Waals surface area contributed by atoms with Gasteiger partial charge in [0.1, 0.15) is 35.9 Å². The summed E-state index contributed by atoms with van der Waals surface area (Å²) in [4.78, 5) is 0. The van der Waals surface area contributed by atoms with Gasteiger partial charge in [-0.2, -0.15) is 0 Å². The highest BCUT2D eigenvalue weighted by Crippen LogP contribution is 2.54. The Labute approximate surface area is 291 Å². The van der Waals surface area contributed by atoms with Gasteiger partial charge in [-0.15, -0.1) is 0 Å². The Morgan fingerprint density at radius 1 is 0.604 bits per heavy atom. The van der Waals surface area contributed by atoms with Gasteiger partial charge in [0.25, 0.3) is 0 Å². The molecule has 1 saturated heterocycles. The Morgan fingerprint density at radius 2 is 1.04 bits per heavy atom. The van der Waals surface area contributed by atoms with Crippen LogP contribution < -0.4 is 9.05 Å². The summed E-state index contributed by atoms with van der Waals surface area (Å²) in [6.45, 7) is 27.2. The highest BCUT2D eigenvalue weighted by Gasteiger charge is 2.50. The minimum atomic E-state index is -2.06. The van der Waals surface area contributed by atoms with E-state index in [1.807, 2.05) is 0 Å². The van der Waals surface area contributed by atoms with Crippen LogP contribution in [0.1, 0.15) is 116 Å². The van der Waals surface area contributed by atoms with Crippen molar-refractivity contribution in [1.82, 2.24) is 0 Å². The zero-order valence-electron chi connectivity index (χ0n) is 32.3. The van der Waals surface area contributed by atoms with E-state index in [4.69, 9.17) is 37.3 Å². The molecule has 0 aliphatic carbocycles. The first-order valence-electron chi connectivity index (χ1n) is 17.0. The van der Waals surface area contributed by atoms with Crippen molar-refractivity contribution in [2.24, 2.45) is 0 Å². The SMILES string of the molecule is COC[C@H]1OC(OP2Oc3c(cc(C(C)(C)C)cc3C(C)(C)C)Cc3cc(C(C)(C)C)cc(C(C)(C)C)c3O2)[C@H](OC)[C@@H](OC)[C@@H]1OC. The lowest BCUT2D eigenvalue weighted by atomic mass is 9.76. The summed E-state index contributed by atoms with van der Waals surface area (Å²) in [5.74, 6) is 1.59. The summed E-state index contributed by atoms with van der Waals surface area (Å²) in [5, 5.41) is 0. The molecule has 0 saturated carbocycles. The quantitative estimate of drug-likeness (QED) is 0.267. The van der Waals surface area contributed by atoms with Gasteiger partial charge in [0, 0.05) is 46.0 Å². The molecule has 4 rings (SSSR count). The first-order chi connectivity index (χ1) is 22.1. The first-order valence-corrected chi connectivity index (χ1v) is 18.1. The summed E-state index contributed by atoms with van der Waals surface area (Å²) in [6, 6.07) is 9.19. The number of hydrogen-bond acceptors (Lipinski definition) is 8. The summed E-state index contributed by atoms with van der Waals surface area (Å²) in [6.07, 6.45) is -2.23. The van der Waals surface area contributed by atoms with E-state index < -0.39 is 39.3 Å². The van der Waals surface area contributed by atoms with Crippen molar-refractivity contribution in [3.63, 3.8) is 0 Å². The minimum absolute atomic E-state index is 0.0627. The van der Waals surface area contributed by atoms with Gasteiger partial charge in [0.2, 0.25) is 0 Å². The molecule has 2 aliphatic rings. The van der Waals surface area contributed by atoms with Crippen molar-refractivity contribution in [1.29, 1.82) is 0 Å². The number of rotatable bonds is 7. The smallest absolute Gasteiger partial charge is 0.417 e. The molecule has 1 fully saturated rings. The predicted octanol–water partition coefficient (Wildman–Crippen LogP) is 8.90. The molecule has 9 heteroatoms. The van der Waals surface area contributed by atoms with E-state index >= 15 is 0 Å². The van der Waals surface area contributed by atoms with Gasteiger partial charge in [-0.1, -0.05) is 107 Å². The third kappa shape index (κ3) is 8.39. The third-order valence-electron chi connectivity index (χ3n) is 9.32. The van der Waals surface area contributed by atoms with Crippen LogP contribution in [0.2, 0.25) is 0 Å². The maximum atomic E-state index is 6.98. The number of hydrogen-bond donors (Lipinski definition) is 0. The fourth-order valence-corrected chi connectivity index (χ4v) is 7.59. The largest absolute Gasteiger partial charge is 0.465 e. The standard InChI is InChI=1S/C39H61O8P/c1-36(2,3)25-18-23-17-24-19-26(37(4,5)6)21-28(39(10,11)12)31(24)46-48(45-30(23)27(20-25)38(7,8)9)47-35-34(43-16)33(42-15)32(41-14)29(44-35)22-40-13/h18-21,29,32-35H,17,22H2,1-16H3/t29-,32-,33+,34-,35?/m1/s1. The molecule has 0 bridgehead atoms. The van der Waals surface area contributed by atoms with Crippen LogP contribution in [0.5, 0.6) is 11.5 Å². The summed E-state index contributed by atoms with van der Waals surface area (Å²) >= 11 is 0. The van der Waals surface area contributed by atoms with Gasteiger partial charge in [0.15, 0.2) is 6.29 Å². The van der Waals surface area contributed by atoms with Crippen LogP contribution in [-0.2, 0) is 56.3 Å². The average Bonchev–Trinajstić information content (AvgIpc) is 2.94. The van der Waals surface area contributed by atoms with E-state index in [1.54, 1.807) is 28.4 Å². The van der Waals surface area contributed by atoms with Crippen molar-refractivity contribution < 1.29 is 37.3 Å². The number of fused-ring (bicyclic) bond motifs is 2. The lowest BCUT2D eigenvalue weighted by molar-refractivity contribution is -0.293. The van der Waals surface area contributed by atoms with Gasteiger partial charge < -0.3 is 32.7 Å². The molecule has 2 aromatic carbocycles. The molecule has 2 heterocycles. The van der Waals surface area contributed by atoms with Gasteiger partial charge in [0.05, 0.1) is 6.61 Å². The maximum absolute atomic E-state index is 6.98. The third-order valence-corrected chi connectivity index (χ3v) is 10.4. The molecule has 0 N–H and O–H groups in total. The van der Waals surface area contributed by atoms with Crippen LogP contribution in [0.25, 0.3) is 0 Å². The zero-order valence-corrected chi connectivity index (χ0v) is 33.2. The van der Waals surface area contributed by atoms with Crippen molar-refractivity contribution in [3.8, 4) is 11.5 Å². The highest BCUT2D eigenvalue weighted by molar-refractivity contribution is 7.42. The normalized spacial score (nSPS) is 24.2. The molecule has 0 spiro atoms. The van der Waals surface area contributed by atoms with Crippen molar-refractivity contribution >= 4 is 8.60 Å². The summed E-state index contributed by atoms with van der Waals surface area (Å²) in [7, 11) is 4.47. The second kappa shape index (κ2) is 14.5. The maximum Gasteiger partial charge on any atom is 0.465 e. The van der Waals surface area contributed by atoms with Crippen molar-refractivity contribution in [3.05, 3.63) is 57.6 Å². The van der Waals surface area contributed by atoms with E-state index in [0.717, 1.165) is 33.8 Å². The van der Waals surface area contributed by atoms with E-state index in [0.29, 0.717) is 6.42 Å². The molecule has 2 aromatic rings. The summed E-state index contributed by atoms with van der Waals surface area (Å²) < 4.78 is 50.5. The summed E-state index contributed by atoms with van der Waals surface area (Å²) in [5.41, 5.74) is 6.40. The Hall–Kier alpha value is -1.77.